The highest BCUT2D eigenvalue weighted by atomic mass is 32.2. The minimum atomic E-state index is -2.28. The summed E-state index contributed by atoms with van der Waals surface area (Å²) < 4.78 is 16.2. The molecule has 0 aliphatic carbocycles. The van der Waals surface area contributed by atoms with Crippen LogP contribution in [0, 0.1) is 0 Å². The zero-order valence-corrected chi connectivity index (χ0v) is 19.2. The molecule has 1 saturated heterocycles. The van der Waals surface area contributed by atoms with E-state index in [-0.39, 0.29) is 18.3 Å². The van der Waals surface area contributed by atoms with Crippen molar-refractivity contribution in [1.29, 1.82) is 0 Å². The molecule has 1 heterocycles. The van der Waals surface area contributed by atoms with Gasteiger partial charge in [-0.3, -0.25) is 0 Å². The average molecular weight is 447 g/mol. The molecule has 0 unspecified atom stereocenters. The van der Waals surface area contributed by atoms with Gasteiger partial charge in [0.15, 0.2) is 0 Å². The fraction of sp³-hybridized carbons (Fsp3) is 0.750. The summed E-state index contributed by atoms with van der Waals surface area (Å²) in [7, 11) is 0. The van der Waals surface area contributed by atoms with E-state index in [0.29, 0.717) is 6.54 Å². The summed E-state index contributed by atoms with van der Waals surface area (Å²) in [6, 6.07) is -0.739. The van der Waals surface area contributed by atoms with Crippen molar-refractivity contribution in [2.24, 2.45) is 0 Å². The number of carboxylic acid groups (broad SMARTS) is 1. The number of aliphatic carboxylic acids is 1. The molecule has 1 amide bonds. The van der Waals surface area contributed by atoms with Crippen molar-refractivity contribution in [2.75, 3.05) is 25.4 Å². The maximum absolute atomic E-state index is 12.8. The molecule has 1 rings (SSSR count). The third-order valence-corrected chi connectivity index (χ3v) is 5.65. The predicted molar refractivity (Wildman–Crippen MR) is 115 cm³/mol. The molecule has 0 saturated carbocycles. The van der Waals surface area contributed by atoms with Gasteiger partial charge in [-0.2, -0.15) is 11.8 Å². The zero-order valence-electron chi connectivity index (χ0n) is 18.4. The van der Waals surface area contributed by atoms with Gasteiger partial charge in [-0.25, -0.2) is 14.4 Å². The molecular weight excluding hydrogens is 412 g/mol. The van der Waals surface area contributed by atoms with Gasteiger partial charge in [0, 0.05) is 36.6 Å². The van der Waals surface area contributed by atoms with Crippen molar-refractivity contribution < 1.29 is 33.7 Å². The smallest absolute Gasteiger partial charge is 0.407 e. The number of hydrogen-bond donors (Lipinski definition) is 3. The Kier molecular flexibility index (Phi) is 10.1. The zero-order chi connectivity index (χ0) is 22.9. The summed E-state index contributed by atoms with van der Waals surface area (Å²) in [4.78, 5) is 37.1. The van der Waals surface area contributed by atoms with Gasteiger partial charge in [0.2, 0.25) is 0 Å². The maximum Gasteiger partial charge on any atom is 0.407 e. The number of ether oxygens (including phenoxy) is 3. The lowest BCUT2D eigenvalue weighted by molar-refractivity contribution is -0.195. The summed E-state index contributed by atoms with van der Waals surface area (Å²) in [5.74, 6) is -1.65. The number of amides is 1. The number of hydrogen-bond acceptors (Lipinski definition) is 8. The molecule has 30 heavy (non-hydrogen) atoms. The van der Waals surface area contributed by atoms with E-state index in [1.54, 1.807) is 46.4 Å². The molecule has 1 aliphatic rings. The lowest BCUT2D eigenvalue weighted by Crippen LogP contribution is -2.57. The highest BCUT2D eigenvalue weighted by Gasteiger charge is 2.52. The SMILES string of the molecule is C=CCOC(=O)[C@@](C[C@H](C)NC(=O)OC(C)(C)C)(O[C@@H](C)[C@@H]1CNCCS1)C(=O)O. The van der Waals surface area contributed by atoms with E-state index in [9.17, 15) is 19.5 Å². The molecule has 0 aromatic rings. The second-order valence-electron chi connectivity index (χ2n) is 8.21. The molecule has 172 valence electrons. The van der Waals surface area contributed by atoms with Crippen LogP contribution in [0.15, 0.2) is 12.7 Å². The molecule has 1 aliphatic heterocycles. The van der Waals surface area contributed by atoms with E-state index in [0.717, 1.165) is 12.3 Å². The van der Waals surface area contributed by atoms with Gasteiger partial charge < -0.3 is 30.0 Å². The Labute approximate surface area is 182 Å². The van der Waals surface area contributed by atoms with E-state index in [1.807, 2.05) is 0 Å². The second kappa shape index (κ2) is 11.6. The minimum absolute atomic E-state index is 0.0289. The normalized spacial score (nSPS) is 20.9. The van der Waals surface area contributed by atoms with Gasteiger partial charge in [0.25, 0.3) is 5.60 Å². The van der Waals surface area contributed by atoms with Crippen LogP contribution in [-0.4, -0.2) is 77.2 Å². The maximum atomic E-state index is 12.8. The Balaban J connectivity index is 3.04. The first-order chi connectivity index (χ1) is 13.9. The van der Waals surface area contributed by atoms with Gasteiger partial charge in [0.05, 0.1) is 6.10 Å². The number of rotatable bonds is 10. The largest absolute Gasteiger partial charge is 0.479 e. The summed E-state index contributed by atoms with van der Waals surface area (Å²) in [5.41, 5.74) is -3.00. The van der Waals surface area contributed by atoms with E-state index in [1.165, 1.54) is 6.08 Å². The lowest BCUT2D eigenvalue weighted by atomic mass is 9.94. The minimum Gasteiger partial charge on any atom is -0.479 e. The predicted octanol–water partition coefficient (Wildman–Crippen LogP) is 1.95. The van der Waals surface area contributed by atoms with Crippen LogP contribution in [0.2, 0.25) is 0 Å². The number of carbonyl (C=O) groups excluding carboxylic acids is 2. The Bertz CT molecular complexity index is 617. The van der Waals surface area contributed by atoms with Gasteiger partial charge in [-0.1, -0.05) is 12.7 Å². The number of esters is 1. The van der Waals surface area contributed by atoms with Gasteiger partial charge in [-0.05, 0) is 34.6 Å². The Morgan fingerprint density at radius 1 is 1.33 bits per heavy atom. The number of thioether (sulfide) groups is 1. The first-order valence-corrected chi connectivity index (χ1v) is 11.0. The highest BCUT2D eigenvalue weighted by Crippen LogP contribution is 2.28. The van der Waals surface area contributed by atoms with Crippen LogP contribution in [0.3, 0.4) is 0 Å². The van der Waals surface area contributed by atoms with Crippen LogP contribution >= 0.6 is 11.8 Å². The van der Waals surface area contributed by atoms with E-state index >= 15 is 0 Å². The molecular formula is C20H34N2O7S. The number of nitrogens with one attached hydrogen (secondary N) is 2. The summed E-state index contributed by atoms with van der Waals surface area (Å²) in [6.45, 7) is 13.3. The van der Waals surface area contributed by atoms with Gasteiger partial charge >= 0.3 is 18.0 Å². The number of alkyl carbamates (subject to hydrolysis) is 1. The average Bonchev–Trinajstić information content (AvgIpc) is 2.64. The Morgan fingerprint density at radius 3 is 2.50 bits per heavy atom. The van der Waals surface area contributed by atoms with Crippen LogP contribution in [0.25, 0.3) is 0 Å². The lowest BCUT2D eigenvalue weighted by Gasteiger charge is -2.36. The number of carbonyl (C=O) groups is 3. The highest BCUT2D eigenvalue weighted by molar-refractivity contribution is 8.00. The van der Waals surface area contributed by atoms with E-state index in [2.05, 4.69) is 17.2 Å². The topological polar surface area (TPSA) is 123 Å². The van der Waals surface area contributed by atoms with Gasteiger partial charge in [0.1, 0.15) is 12.2 Å². The monoisotopic (exact) mass is 446 g/mol. The molecule has 0 spiro atoms. The standard InChI is InChI=1S/C20H34N2O7S/c1-7-9-27-17(25)20(16(23)24,28-14(3)15-12-21-8-10-30-15)11-13(2)22-18(26)29-19(4,5)6/h7,13-15,21H,1,8-12H2,2-6H3,(H,22,26)(H,23,24)/t13-,14-,15-,20-/m0/s1. The molecule has 0 aromatic heterocycles. The summed E-state index contributed by atoms with van der Waals surface area (Å²) in [5, 5.41) is 15.8. The Hall–Kier alpha value is -1.78. The molecule has 0 bridgehead atoms. The molecule has 0 radical (unpaired) electrons. The fourth-order valence-electron chi connectivity index (χ4n) is 2.93. The first-order valence-electron chi connectivity index (χ1n) is 9.92. The van der Waals surface area contributed by atoms with E-state index in [4.69, 9.17) is 14.2 Å². The van der Waals surface area contributed by atoms with Crippen LogP contribution in [-0.2, 0) is 23.8 Å². The fourth-order valence-corrected chi connectivity index (χ4v) is 4.05. The van der Waals surface area contributed by atoms with Gasteiger partial charge in [-0.15, -0.1) is 0 Å². The van der Waals surface area contributed by atoms with Crippen molar-refractivity contribution in [2.45, 2.75) is 69.6 Å². The summed E-state index contributed by atoms with van der Waals surface area (Å²) >= 11 is 1.65. The third-order valence-electron chi connectivity index (χ3n) is 4.23. The molecule has 9 nitrogen and oxygen atoms in total. The van der Waals surface area contributed by atoms with Crippen LogP contribution < -0.4 is 10.6 Å². The third kappa shape index (κ3) is 8.16. The van der Waals surface area contributed by atoms with Crippen molar-refractivity contribution in [3.8, 4) is 0 Å². The molecule has 3 N–H and O–H groups in total. The first kappa shape index (κ1) is 26.3. The van der Waals surface area contributed by atoms with Crippen LogP contribution in [0.4, 0.5) is 4.79 Å². The van der Waals surface area contributed by atoms with Crippen molar-refractivity contribution in [3.63, 3.8) is 0 Å². The van der Waals surface area contributed by atoms with Crippen LogP contribution in [0.1, 0.15) is 41.0 Å². The van der Waals surface area contributed by atoms with Crippen molar-refractivity contribution >= 4 is 29.8 Å². The quantitative estimate of drug-likeness (QED) is 0.262. The Morgan fingerprint density at radius 2 is 2.00 bits per heavy atom. The van der Waals surface area contributed by atoms with Crippen molar-refractivity contribution in [1.82, 2.24) is 10.6 Å². The van der Waals surface area contributed by atoms with Crippen LogP contribution in [0.5, 0.6) is 0 Å². The summed E-state index contributed by atoms with van der Waals surface area (Å²) in [6.07, 6.45) is -0.248. The second-order valence-corrected chi connectivity index (χ2v) is 9.55. The molecule has 0 aromatic carbocycles. The molecule has 4 atom stereocenters. The molecule has 10 heteroatoms. The molecule has 1 fully saturated rings. The van der Waals surface area contributed by atoms with E-state index < -0.39 is 41.4 Å². The number of carboxylic acids is 1. The van der Waals surface area contributed by atoms with Crippen molar-refractivity contribution in [3.05, 3.63) is 12.7 Å².